The lowest BCUT2D eigenvalue weighted by atomic mass is 10.0. The van der Waals surface area contributed by atoms with Gasteiger partial charge in [-0.3, -0.25) is 9.59 Å². The van der Waals surface area contributed by atoms with Crippen LogP contribution in [0.4, 0.5) is 0 Å². The average molecular weight is 288 g/mol. The predicted molar refractivity (Wildman–Crippen MR) is 70.7 cm³/mol. The molecule has 0 bridgehead atoms. The van der Waals surface area contributed by atoms with E-state index in [1.54, 1.807) is 6.92 Å². The minimum absolute atomic E-state index is 0.257. The van der Waals surface area contributed by atoms with E-state index in [0.29, 0.717) is 25.7 Å². The topological polar surface area (TPSA) is 82.1 Å². The highest BCUT2D eigenvalue weighted by molar-refractivity contribution is 5.70. The predicted octanol–water partition coefficient (Wildman–Crippen LogP) is 1.54. The van der Waals surface area contributed by atoms with Crippen molar-refractivity contribution in [3.63, 3.8) is 0 Å². The van der Waals surface area contributed by atoms with Gasteiger partial charge in [-0.2, -0.15) is 0 Å². The molecule has 4 atom stereocenters. The highest BCUT2D eigenvalue weighted by Gasteiger charge is 2.39. The number of carbonyl (C=O) groups is 2. The first-order valence-electron chi connectivity index (χ1n) is 7.20. The van der Waals surface area contributed by atoms with Gasteiger partial charge in [0.25, 0.3) is 0 Å². The average Bonchev–Trinajstić information content (AvgIpc) is 2.35. The monoisotopic (exact) mass is 288 g/mol. The van der Waals surface area contributed by atoms with Crippen LogP contribution in [0, 0.1) is 0 Å². The molecule has 1 aliphatic rings. The van der Waals surface area contributed by atoms with Crippen LogP contribution in [0.2, 0.25) is 0 Å². The minimum Gasteiger partial charge on any atom is -0.459 e. The summed E-state index contributed by atoms with van der Waals surface area (Å²) in [5, 5.41) is 9.77. The zero-order chi connectivity index (χ0) is 15.1. The number of carbonyl (C=O) groups excluding carboxylic acids is 2. The SMILES string of the molecule is CCCC(=O)OC1C[C@@H](OC(=O)CCC)C(O)O[C@H]1C. The fraction of sp³-hybridized carbons (Fsp3) is 0.857. The Kier molecular flexibility index (Phi) is 6.95. The Morgan fingerprint density at radius 1 is 1.10 bits per heavy atom. The zero-order valence-corrected chi connectivity index (χ0v) is 12.3. The van der Waals surface area contributed by atoms with E-state index in [0.717, 1.165) is 0 Å². The van der Waals surface area contributed by atoms with Crippen LogP contribution in [0.15, 0.2) is 0 Å². The molecule has 116 valence electrons. The summed E-state index contributed by atoms with van der Waals surface area (Å²) in [4.78, 5) is 23.0. The Labute approximate surface area is 119 Å². The van der Waals surface area contributed by atoms with Crippen LogP contribution in [0.3, 0.4) is 0 Å². The van der Waals surface area contributed by atoms with E-state index in [2.05, 4.69) is 0 Å². The van der Waals surface area contributed by atoms with Crippen LogP contribution >= 0.6 is 0 Å². The van der Waals surface area contributed by atoms with Gasteiger partial charge in [-0.25, -0.2) is 0 Å². The molecule has 6 nitrogen and oxygen atoms in total. The second kappa shape index (κ2) is 8.21. The molecule has 0 spiro atoms. The maximum atomic E-state index is 11.5. The van der Waals surface area contributed by atoms with E-state index < -0.39 is 24.6 Å². The van der Waals surface area contributed by atoms with Gasteiger partial charge >= 0.3 is 11.9 Å². The summed E-state index contributed by atoms with van der Waals surface area (Å²) in [7, 11) is 0. The molecule has 1 aliphatic heterocycles. The van der Waals surface area contributed by atoms with E-state index in [4.69, 9.17) is 14.2 Å². The summed E-state index contributed by atoms with van der Waals surface area (Å²) in [6.07, 6.45) is -0.620. The van der Waals surface area contributed by atoms with Crippen LogP contribution in [0.25, 0.3) is 0 Å². The van der Waals surface area contributed by atoms with Gasteiger partial charge < -0.3 is 19.3 Å². The molecule has 0 radical (unpaired) electrons. The number of ether oxygens (including phenoxy) is 3. The molecule has 0 aromatic carbocycles. The Bertz CT molecular complexity index is 300. The minimum atomic E-state index is -1.17. The smallest absolute Gasteiger partial charge is 0.306 e. The van der Waals surface area contributed by atoms with Gasteiger partial charge in [0.05, 0.1) is 6.10 Å². The van der Waals surface area contributed by atoms with Crippen LogP contribution < -0.4 is 0 Å². The third-order valence-corrected chi connectivity index (χ3v) is 3.13. The number of hydrogen-bond acceptors (Lipinski definition) is 6. The third-order valence-electron chi connectivity index (χ3n) is 3.13. The lowest BCUT2D eigenvalue weighted by molar-refractivity contribution is -0.253. The van der Waals surface area contributed by atoms with Gasteiger partial charge in [0.1, 0.15) is 6.10 Å². The molecule has 2 unspecified atom stereocenters. The Balaban J connectivity index is 2.55. The first-order valence-corrected chi connectivity index (χ1v) is 7.20. The largest absolute Gasteiger partial charge is 0.459 e. The molecule has 20 heavy (non-hydrogen) atoms. The Morgan fingerprint density at radius 3 is 2.10 bits per heavy atom. The first kappa shape index (κ1) is 16.9. The van der Waals surface area contributed by atoms with Gasteiger partial charge in [0.15, 0.2) is 12.4 Å². The van der Waals surface area contributed by atoms with E-state index in [-0.39, 0.29) is 18.4 Å². The standard InChI is InChI=1S/C14H24O6/c1-4-6-12(15)19-10-8-11(14(17)18-9(10)3)20-13(16)7-5-2/h9-11,14,17H,4-8H2,1-3H3/t9-,10?,11+,14?/m0/s1. The normalized spacial score (nSPS) is 29.8. The van der Waals surface area contributed by atoms with Crippen molar-refractivity contribution in [2.24, 2.45) is 0 Å². The van der Waals surface area contributed by atoms with Crippen molar-refractivity contribution in [3.05, 3.63) is 0 Å². The van der Waals surface area contributed by atoms with Crippen molar-refractivity contribution in [3.8, 4) is 0 Å². The molecule has 0 aromatic rings. The summed E-state index contributed by atoms with van der Waals surface area (Å²) in [5.41, 5.74) is 0. The second-order valence-corrected chi connectivity index (χ2v) is 5.02. The van der Waals surface area contributed by atoms with Gasteiger partial charge in [0, 0.05) is 19.3 Å². The summed E-state index contributed by atoms with van der Waals surface area (Å²) < 4.78 is 15.7. The van der Waals surface area contributed by atoms with Crippen LogP contribution in [-0.2, 0) is 23.8 Å². The third kappa shape index (κ3) is 5.09. The van der Waals surface area contributed by atoms with Crippen molar-refractivity contribution in [1.82, 2.24) is 0 Å². The molecule has 1 rings (SSSR count). The fourth-order valence-corrected chi connectivity index (χ4v) is 2.05. The van der Waals surface area contributed by atoms with E-state index in [9.17, 15) is 14.7 Å². The maximum absolute atomic E-state index is 11.5. The van der Waals surface area contributed by atoms with Crippen molar-refractivity contribution >= 4 is 11.9 Å². The number of esters is 2. The van der Waals surface area contributed by atoms with E-state index in [1.165, 1.54) is 0 Å². The fourth-order valence-electron chi connectivity index (χ4n) is 2.05. The molecule has 6 heteroatoms. The molecular weight excluding hydrogens is 264 g/mol. The number of aliphatic hydroxyl groups is 1. The molecule has 1 fully saturated rings. The van der Waals surface area contributed by atoms with Crippen LogP contribution in [-0.4, -0.2) is 41.6 Å². The van der Waals surface area contributed by atoms with Gasteiger partial charge in [0.2, 0.25) is 0 Å². The highest BCUT2D eigenvalue weighted by Crippen LogP contribution is 2.24. The maximum Gasteiger partial charge on any atom is 0.306 e. The lowest BCUT2D eigenvalue weighted by Crippen LogP contribution is -2.49. The van der Waals surface area contributed by atoms with Crippen molar-refractivity contribution < 1.29 is 28.9 Å². The van der Waals surface area contributed by atoms with Gasteiger partial charge in [-0.15, -0.1) is 0 Å². The van der Waals surface area contributed by atoms with Crippen LogP contribution in [0.1, 0.15) is 52.9 Å². The molecular formula is C14H24O6. The second-order valence-electron chi connectivity index (χ2n) is 5.02. The molecule has 0 aromatic heterocycles. The molecule has 1 saturated heterocycles. The molecule has 0 amide bonds. The summed E-state index contributed by atoms with van der Waals surface area (Å²) in [5.74, 6) is -0.684. The Hall–Kier alpha value is -1.14. The Morgan fingerprint density at radius 2 is 1.60 bits per heavy atom. The summed E-state index contributed by atoms with van der Waals surface area (Å²) in [6.45, 7) is 5.48. The quantitative estimate of drug-likeness (QED) is 0.746. The van der Waals surface area contributed by atoms with Crippen LogP contribution in [0.5, 0.6) is 0 Å². The number of rotatable bonds is 6. The van der Waals surface area contributed by atoms with Gasteiger partial charge in [-0.05, 0) is 19.8 Å². The lowest BCUT2D eigenvalue weighted by Gasteiger charge is -2.36. The molecule has 1 N–H and O–H groups in total. The number of aliphatic hydroxyl groups excluding tert-OH is 1. The van der Waals surface area contributed by atoms with Crippen molar-refractivity contribution in [1.29, 1.82) is 0 Å². The molecule has 1 heterocycles. The van der Waals surface area contributed by atoms with E-state index >= 15 is 0 Å². The summed E-state index contributed by atoms with van der Waals surface area (Å²) >= 11 is 0. The van der Waals surface area contributed by atoms with Crippen molar-refractivity contribution in [2.45, 2.75) is 77.5 Å². The highest BCUT2D eigenvalue weighted by atomic mass is 16.7. The van der Waals surface area contributed by atoms with Gasteiger partial charge in [-0.1, -0.05) is 13.8 Å². The summed E-state index contributed by atoms with van der Waals surface area (Å²) in [6, 6.07) is 0. The van der Waals surface area contributed by atoms with E-state index in [1.807, 2.05) is 13.8 Å². The first-order chi connectivity index (χ1) is 9.47. The van der Waals surface area contributed by atoms with Crippen molar-refractivity contribution in [2.75, 3.05) is 0 Å². The zero-order valence-electron chi connectivity index (χ0n) is 12.3. The number of hydrogen-bond donors (Lipinski definition) is 1. The molecule has 0 saturated carbocycles. The molecule has 0 aliphatic carbocycles.